The van der Waals surface area contributed by atoms with Gasteiger partial charge in [-0.1, -0.05) is 0 Å². The fourth-order valence-corrected chi connectivity index (χ4v) is 0.511. The quantitative estimate of drug-likeness (QED) is 0.701. The molecule has 11 heavy (non-hydrogen) atoms. The predicted molar refractivity (Wildman–Crippen MR) is 36.2 cm³/mol. The molecule has 0 radical (unpaired) electrons. The summed E-state index contributed by atoms with van der Waals surface area (Å²) in [7, 11) is 0. The number of aromatic nitrogens is 2. The number of H-pyrrole nitrogens is 1. The zero-order valence-electron chi connectivity index (χ0n) is 5.25. The highest BCUT2D eigenvalue weighted by atomic mass is 35.5. The third-order valence-electron chi connectivity index (χ3n) is 0.964. The van der Waals surface area contributed by atoms with Gasteiger partial charge >= 0.3 is 6.43 Å². The third kappa shape index (κ3) is 2.27. The molecule has 1 N–H and O–H groups in total. The number of halogens is 3. The Morgan fingerprint density at radius 2 is 2.27 bits per heavy atom. The van der Waals surface area contributed by atoms with Gasteiger partial charge in [0.05, 0.1) is 0 Å². The third-order valence-corrected chi connectivity index (χ3v) is 0.964. The molecule has 62 valence electrons. The van der Waals surface area contributed by atoms with E-state index in [0.29, 0.717) is 0 Å². The maximum Gasteiger partial charge on any atom is 0.302 e. The lowest BCUT2D eigenvalue weighted by atomic mass is 10.3. The number of ketones is 1. The van der Waals surface area contributed by atoms with Crippen molar-refractivity contribution in [2.75, 3.05) is 0 Å². The number of alkyl halides is 2. The molecule has 0 fully saturated rings. The van der Waals surface area contributed by atoms with Crippen LogP contribution in [0.2, 0.25) is 0 Å². The van der Waals surface area contributed by atoms with Crippen molar-refractivity contribution in [1.29, 1.82) is 0 Å². The van der Waals surface area contributed by atoms with Crippen LogP contribution in [0.4, 0.5) is 8.78 Å². The second-order valence-corrected chi connectivity index (χ2v) is 1.64. The van der Waals surface area contributed by atoms with Crippen molar-refractivity contribution in [2.45, 2.75) is 6.43 Å². The first-order valence-electron chi connectivity index (χ1n) is 2.53. The van der Waals surface area contributed by atoms with E-state index in [0.717, 1.165) is 0 Å². The van der Waals surface area contributed by atoms with Crippen LogP contribution in [-0.2, 0) is 0 Å². The van der Waals surface area contributed by atoms with Crippen molar-refractivity contribution < 1.29 is 13.6 Å². The summed E-state index contributed by atoms with van der Waals surface area (Å²) in [4.78, 5) is 10.4. The Hall–Kier alpha value is -0.970. The molecule has 0 saturated carbocycles. The molecule has 1 aromatic heterocycles. The summed E-state index contributed by atoms with van der Waals surface area (Å²) in [6, 6.07) is 1.20. The van der Waals surface area contributed by atoms with Gasteiger partial charge in [0.1, 0.15) is 5.69 Å². The van der Waals surface area contributed by atoms with Gasteiger partial charge in [0.2, 0.25) is 5.78 Å². The molecule has 0 aliphatic rings. The smallest absolute Gasteiger partial charge is 0.286 e. The largest absolute Gasteiger partial charge is 0.302 e. The van der Waals surface area contributed by atoms with Crippen LogP contribution >= 0.6 is 12.4 Å². The Kier molecular flexibility index (Phi) is 3.67. The van der Waals surface area contributed by atoms with Gasteiger partial charge in [-0.25, -0.2) is 8.78 Å². The highest BCUT2D eigenvalue weighted by molar-refractivity contribution is 5.96. The Bertz CT molecular complexity index is 224. The first kappa shape index (κ1) is 10.0. The van der Waals surface area contributed by atoms with Crippen LogP contribution in [-0.4, -0.2) is 22.4 Å². The molecule has 6 heteroatoms. The van der Waals surface area contributed by atoms with E-state index in [2.05, 4.69) is 10.2 Å². The fourth-order valence-electron chi connectivity index (χ4n) is 0.511. The Morgan fingerprint density at radius 1 is 1.64 bits per heavy atom. The van der Waals surface area contributed by atoms with Gasteiger partial charge in [-0.15, -0.1) is 12.4 Å². The van der Waals surface area contributed by atoms with Gasteiger partial charge < -0.3 is 0 Å². The molecule has 1 rings (SSSR count). The van der Waals surface area contributed by atoms with Gasteiger partial charge in [0.15, 0.2) is 0 Å². The molecule has 1 aromatic rings. The van der Waals surface area contributed by atoms with Crippen LogP contribution in [0, 0.1) is 0 Å². The maximum atomic E-state index is 11.6. The number of carbonyl (C=O) groups is 1. The van der Waals surface area contributed by atoms with Crippen LogP contribution in [0.15, 0.2) is 12.3 Å². The summed E-state index contributed by atoms with van der Waals surface area (Å²) in [5.41, 5.74) is -0.157. The first-order chi connectivity index (χ1) is 4.72. The van der Waals surface area contributed by atoms with E-state index in [-0.39, 0.29) is 18.1 Å². The minimum absolute atomic E-state index is 0. The number of hydrogen-bond acceptors (Lipinski definition) is 2. The molecule has 0 atom stereocenters. The van der Waals surface area contributed by atoms with Crippen LogP contribution in [0.1, 0.15) is 10.5 Å². The lowest BCUT2D eigenvalue weighted by molar-refractivity contribution is 0.0673. The molecule has 0 aromatic carbocycles. The van der Waals surface area contributed by atoms with E-state index >= 15 is 0 Å². The minimum Gasteiger partial charge on any atom is -0.286 e. The molecular formula is C5H5ClF2N2O. The number of hydrogen-bond donors (Lipinski definition) is 1. The summed E-state index contributed by atoms with van der Waals surface area (Å²) in [6.45, 7) is 0. The van der Waals surface area contributed by atoms with E-state index in [1.807, 2.05) is 0 Å². The second-order valence-electron chi connectivity index (χ2n) is 1.64. The lowest BCUT2D eigenvalue weighted by Crippen LogP contribution is -2.10. The summed E-state index contributed by atoms with van der Waals surface area (Å²) < 4.78 is 23.2. The van der Waals surface area contributed by atoms with Crippen LogP contribution < -0.4 is 0 Å². The molecule has 0 saturated heterocycles. The Morgan fingerprint density at radius 3 is 2.64 bits per heavy atom. The van der Waals surface area contributed by atoms with Crippen molar-refractivity contribution in [3.05, 3.63) is 18.0 Å². The number of rotatable bonds is 2. The summed E-state index contributed by atoms with van der Waals surface area (Å²) >= 11 is 0. The Balaban J connectivity index is 0.000001000. The van der Waals surface area contributed by atoms with Gasteiger partial charge in [-0.2, -0.15) is 5.10 Å². The van der Waals surface area contributed by atoms with Crippen molar-refractivity contribution in [2.24, 2.45) is 0 Å². The molecule has 1 heterocycles. The average Bonchev–Trinajstić information content (AvgIpc) is 2.36. The average molecular weight is 183 g/mol. The SMILES string of the molecule is Cl.O=C(c1ccn[nH]1)C(F)F. The molecule has 0 amide bonds. The van der Waals surface area contributed by atoms with Crippen LogP contribution in [0.5, 0.6) is 0 Å². The summed E-state index contributed by atoms with van der Waals surface area (Å²) in [5, 5.41) is 5.49. The zero-order chi connectivity index (χ0) is 7.56. The molecule has 0 bridgehead atoms. The fraction of sp³-hybridized carbons (Fsp3) is 0.200. The molecule has 0 aliphatic heterocycles. The van der Waals surface area contributed by atoms with Gasteiger partial charge in [0, 0.05) is 6.20 Å². The number of aromatic amines is 1. The first-order valence-corrected chi connectivity index (χ1v) is 2.53. The number of nitrogens with zero attached hydrogens (tertiary/aromatic N) is 1. The van der Waals surface area contributed by atoms with E-state index in [9.17, 15) is 13.6 Å². The van der Waals surface area contributed by atoms with E-state index < -0.39 is 12.2 Å². The van der Waals surface area contributed by atoms with E-state index in [1.165, 1.54) is 12.3 Å². The van der Waals surface area contributed by atoms with Crippen molar-refractivity contribution in [3.8, 4) is 0 Å². The van der Waals surface area contributed by atoms with Gasteiger partial charge in [0.25, 0.3) is 0 Å². The highest BCUT2D eigenvalue weighted by Gasteiger charge is 2.18. The Labute approximate surface area is 67.2 Å². The number of carbonyl (C=O) groups excluding carboxylic acids is 1. The zero-order valence-corrected chi connectivity index (χ0v) is 6.07. The maximum absolute atomic E-state index is 11.6. The monoisotopic (exact) mass is 182 g/mol. The predicted octanol–water partition coefficient (Wildman–Crippen LogP) is 1.28. The van der Waals surface area contributed by atoms with Crippen molar-refractivity contribution >= 4 is 18.2 Å². The highest BCUT2D eigenvalue weighted by Crippen LogP contribution is 2.02. The minimum atomic E-state index is -2.96. The van der Waals surface area contributed by atoms with Crippen molar-refractivity contribution in [1.82, 2.24) is 10.2 Å². The topological polar surface area (TPSA) is 45.8 Å². The molecule has 0 aliphatic carbocycles. The van der Waals surface area contributed by atoms with Gasteiger partial charge in [-0.05, 0) is 6.07 Å². The molecule has 0 spiro atoms. The van der Waals surface area contributed by atoms with Crippen molar-refractivity contribution in [3.63, 3.8) is 0 Å². The normalized spacial score (nSPS) is 9.36. The molecular weight excluding hydrogens is 178 g/mol. The van der Waals surface area contributed by atoms with E-state index in [4.69, 9.17) is 0 Å². The van der Waals surface area contributed by atoms with Gasteiger partial charge in [-0.3, -0.25) is 9.89 Å². The lowest BCUT2D eigenvalue weighted by Gasteiger charge is -1.91. The molecule has 3 nitrogen and oxygen atoms in total. The summed E-state index contributed by atoms with van der Waals surface area (Å²) in [6.07, 6.45) is -1.71. The van der Waals surface area contributed by atoms with Crippen LogP contribution in [0.3, 0.4) is 0 Å². The number of Topliss-reactive ketones (excluding diaryl/α,β-unsaturated/α-hetero) is 1. The summed E-state index contributed by atoms with van der Waals surface area (Å²) in [5.74, 6) is -1.22. The second kappa shape index (κ2) is 4.02. The van der Waals surface area contributed by atoms with E-state index in [1.54, 1.807) is 0 Å². The molecule has 0 unspecified atom stereocenters. The number of nitrogens with one attached hydrogen (secondary N) is 1. The standard InChI is InChI=1S/C5H4F2N2O.ClH/c6-5(7)4(10)3-1-2-8-9-3;/h1-2,5H,(H,8,9);1H. The van der Waals surface area contributed by atoms with Crippen LogP contribution in [0.25, 0.3) is 0 Å².